The smallest absolute Gasteiger partial charge is 0.161 e. The van der Waals surface area contributed by atoms with E-state index in [-0.39, 0.29) is 17.1 Å². The molecule has 0 spiro atoms. The van der Waals surface area contributed by atoms with Crippen molar-refractivity contribution in [1.29, 1.82) is 0 Å². The third kappa shape index (κ3) is 25.9. The Kier molecular flexibility index (Phi) is 30.2. The lowest BCUT2D eigenvalue weighted by molar-refractivity contribution is -0.118. The maximum atomic E-state index is 12.7. The van der Waals surface area contributed by atoms with E-state index in [1.807, 2.05) is 0 Å². The molecule has 0 radical (unpaired) electrons. The van der Waals surface area contributed by atoms with E-state index in [2.05, 4.69) is 13.8 Å². The number of carbonyl (C=O) groups excluding carboxylic acids is 2. The number of unbranched alkanes of at least 4 members (excludes halogenated alkanes) is 24. The van der Waals surface area contributed by atoms with Crippen molar-refractivity contribution in [3.05, 3.63) is 11.6 Å². The molecule has 236 valence electrons. The number of ketones is 2. The van der Waals surface area contributed by atoms with Crippen molar-refractivity contribution in [1.82, 2.24) is 0 Å². The van der Waals surface area contributed by atoms with E-state index in [0.717, 1.165) is 38.5 Å². The molecule has 0 bridgehead atoms. The fraction of sp³-hybridized carbons (Fsp3) is 0.889. The zero-order valence-electron chi connectivity index (χ0n) is 26.9. The van der Waals surface area contributed by atoms with Crippen molar-refractivity contribution in [2.24, 2.45) is 0 Å². The first kappa shape index (κ1) is 39.0. The summed E-state index contributed by atoms with van der Waals surface area (Å²) in [6.07, 6.45) is 33.4. The second kappa shape index (κ2) is 30.9. The molecule has 1 unspecified atom stereocenters. The highest BCUT2D eigenvalue weighted by Crippen LogP contribution is 2.16. The number of allylic oxidation sites excluding steroid dienone is 1. The van der Waals surface area contributed by atoms with Gasteiger partial charge in [-0.15, -0.1) is 0 Å². The van der Waals surface area contributed by atoms with Gasteiger partial charge in [0.1, 0.15) is 6.10 Å². The second-order valence-electron chi connectivity index (χ2n) is 12.2. The lowest BCUT2D eigenvalue weighted by Gasteiger charge is -2.12. The summed E-state index contributed by atoms with van der Waals surface area (Å²) in [5.41, 5.74) is 0.0983. The maximum absolute atomic E-state index is 12.7. The molecule has 0 saturated carbocycles. The van der Waals surface area contributed by atoms with Gasteiger partial charge in [0, 0.05) is 18.4 Å². The van der Waals surface area contributed by atoms with Gasteiger partial charge in [0.15, 0.2) is 11.6 Å². The van der Waals surface area contributed by atoms with Gasteiger partial charge < -0.3 is 10.2 Å². The van der Waals surface area contributed by atoms with Crippen LogP contribution in [0.15, 0.2) is 11.6 Å². The minimum atomic E-state index is -1.26. The molecule has 4 heteroatoms. The molecule has 4 nitrogen and oxygen atoms in total. The van der Waals surface area contributed by atoms with Crippen LogP contribution in [0.5, 0.6) is 0 Å². The molecule has 2 N–H and O–H groups in total. The van der Waals surface area contributed by atoms with Crippen LogP contribution in [-0.4, -0.2) is 34.5 Å². The van der Waals surface area contributed by atoms with Crippen LogP contribution in [0.2, 0.25) is 0 Å². The first-order valence-corrected chi connectivity index (χ1v) is 17.6. The molecule has 0 aliphatic carbocycles. The van der Waals surface area contributed by atoms with Crippen molar-refractivity contribution in [2.75, 3.05) is 6.61 Å². The van der Waals surface area contributed by atoms with Crippen LogP contribution >= 0.6 is 0 Å². The van der Waals surface area contributed by atoms with Crippen LogP contribution < -0.4 is 0 Å². The zero-order valence-corrected chi connectivity index (χ0v) is 26.9. The van der Waals surface area contributed by atoms with Crippen LogP contribution in [-0.2, 0) is 9.59 Å². The molecular formula is C36H68O4. The Labute approximate surface area is 249 Å². The van der Waals surface area contributed by atoms with E-state index in [1.54, 1.807) is 0 Å². The number of aliphatic hydroxyl groups is 2. The molecule has 0 amide bonds. The normalized spacial score (nSPS) is 12.7. The standard InChI is InChI=1S/C36H68O4/c1-3-5-7-9-11-13-15-17-19-21-23-25-27-29-33(38)31-34(36(40)32-37)35(39)30-28-26-24-22-20-18-16-14-12-10-8-6-4-2/h31,36-37,40H,3-30,32H2,1-2H3. The van der Waals surface area contributed by atoms with Crippen molar-refractivity contribution in [3.8, 4) is 0 Å². The monoisotopic (exact) mass is 565 g/mol. The van der Waals surface area contributed by atoms with E-state index in [4.69, 9.17) is 0 Å². The lowest BCUT2D eigenvalue weighted by Crippen LogP contribution is -2.23. The first-order chi connectivity index (χ1) is 19.6. The second-order valence-corrected chi connectivity index (χ2v) is 12.2. The van der Waals surface area contributed by atoms with Gasteiger partial charge in [0.25, 0.3) is 0 Å². The Balaban J connectivity index is 3.91. The molecule has 0 aromatic carbocycles. The number of Topliss-reactive ketones (excluding diaryl/α,β-unsaturated/α-hetero) is 1. The van der Waals surface area contributed by atoms with Crippen LogP contribution in [0, 0.1) is 0 Å². The average molecular weight is 565 g/mol. The number of carbonyl (C=O) groups is 2. The Morgan fingerprint density at radius 2 is 0.800 bits per heavy atom. The quantitative estimate of drug-likeness (QED) is 0.0629. The summed E-state index contributed by atoms with van der Waals surface area (Å²) < 4.78 is 0. The van der Waals surface area contributed by atoms with Crippen LogP contribution in [0.3, 0.4) is 0 Å². The highest BCUT2D eigenvalue weighted by Gasteiger charge is 2.19. The molecule has 0 aromatic heterocycles. The van der Waals surface area contributed by atoms with Crippen molar-refractivity contribution in [3.63, 3.8) is 0 Å². The summed E-state index contributed by atoms with van der Waals surface area (Å²) in [7, 11) is 0. The molecular weight excluding hydrogens is 496 g/mol. The van der Waals surface area contributed by atoms with Crippen LogP contribution in [0.25, 0.3) is 0 Å². The predicted octanol–water partition coefficient (Wildman–Crippen LogP) is 10.4. The van der Waals surface area contributed by atoms with Crippen molar-refractivity contribution >= 4 is 11.6 Å². The lowest BCUT2D eigenvalue weighted by atomic mass is 9.97. The Hall–Kier alpha value is -1.00. The minimum Gasteiger partial charge on any atom is -0.393 e. The number of hydrogen-bond acceptors (Lipinski definition) is 4. The molecule has 0 fully saturated rings. The van der Waals surface area contributed by atoms with Crippen LogP contribution in [0.4, 0.5) is 0 Å². The maximum Gasteiger partial charge on any atom is 0.161 e. The molecule has 0 rings (SSSR count). The van der Waals surface area contributed by atoms with Gasteiger partial charge in [0.2, 0.25) is 0 Å². The summed E-state index contributed by atoms with van der Waals surface area (Å²) in [6.45, 7) is 3.99. The fourth-order valence-corrected chi connectivity index (χ4v) is 5.47. The van der Waals surface area contributed by atoms with E-state index >= 15 is 0 Å². The first-order valence-electron chi connectivity index (χ1n) is 17.6. The highest BCUT2D eigenvalue weighted by molar-refractivity contribution is 6.03. The van der Waals surface area contributed by atoms with Crippen molar-refractivity contribution < 1.29 is 19.8 Å². The Morgan fingerprint density at radius 3 is 1.12 bits per heavy atom. The summed E-state index contributed by atoms with van der Waals surface area (Å²) in [5, 5.41) is 19.5. The number of rotatable bonds is 32. The number of aliphatic hydroxyl groups excluding tert-OH is 2. The fourth-order valence-electron chi connectivity index (χ4n) is 5.47. The van der Waals surface area contributed by atoms with Gasteiger partial charge in [-0.1, -0.05) is 168 Å². The van der Waals surface area contributed by atoms with E-state index in [1.165, 1.54) is 134 Å². The van der Waals surface area contributed by atoms with Crippen LogP contribution in [0.1, 0.15) is 194 Å². The average Bonchev–Trinajstić information content (AvgIpc) is 2.96. The third-order valence-corrected chi connectivity index (χ3v) is 8.20. The van der Waals surface area contributed by atoms with Crippen molar-refractivity contribution in [2.45, 2.75) is 200 Å². The molecule has 0 saturated heterocycles. The summed E-state index contributed by atoms with van der Waals surface area (Å²) >= 11 is 0. The number of hydrogen-bond donors (Lipinski definition) is 2. The van der Waals surface area contributed by atoms with E-state index < -0.39 is 12.7 Å². The molecule has 1 atom stereocenters. The van der Waals surface area contributed by atoms with Gasteiger partial charge in [-0.25, -0.2) is 0 Å². The summed E-state index contributed by atoms with van der Waals surface area (Å²) in [5.74, 6) is -0.298. The predicted molar refractivity (Wildman–Crippen MR) is 172 cm³/mol. The van der Waals surface area contributed by atoms with Gasteiger partial charge in [0.05, 0.1) is 6.61 Å². The highest BCUT2D eigenvalue weighted by atomic mass is 16.3. The molecule has 0 aliphatic rings. The van der Waals surface area contributed by atoms with E-state index in [0.29, 0.717) is 12.8 Å². The zero-order chi connectivity index (χ0) is 29.5. The largest absolute Gasteiger partial charge is 0.393 e. The third-order valence-electron chi connectivity index (χ3n) is 8.20. The topological polar surface area (TPSA) is 74.6 Å². The van der Waals surface area contributed by atoms with Gasteiger partial charge >= 0.3 is 0 Å². The van der Waals surface area contributed by atoms with Gasteiger partial charge in [-0.2, -0.15) is 0 Å². The van der Waals surface area contributed by atoms with Gasteiger partial charge in [-0.05, 0) is 18.9 Å². The summed E-state index contributed by atoms with van der Waals surface area (Å²) in [6, 6.07) is 0. The Bertz CT molecular complexity index is 598. The van der Waals surface area contributed by atoms with Gasteiger partial charge in [-0.3, -0.25) is 9.59 Å². The van der Waals surface area contributed by atoms with E-state index in [9.17, 15) is 19.8 Å². The molecule has 40 heavy (non-hydrogen) atoms. The molecule has 0 aliphatic heterocycles. The SMILES string of the molecule is CCCCCCCCCCCCCCCC(=O)C=C(C(=O)CCCCCCCCCCCCCCC)C(O)CO. The molecule has 0 heterocycles. The summed E-state index contributed by atoms with van der Waals surface area (Å²) in [4.78, 5) is 25.1. The minimum absolute atomic E-state index is 0.0983. The molecule has 0 aromatic rings. The Morgan fingerprint density at radius 1 is 0.500 bits per heavy atom.